The summed E-state index contributed by atoms with van der Waals surface area (Å²) in [7, 11) is 0. The predicted octanol–water partition coefficient (Wildman–Crippen LogP) is 8.79. The van der Waals surface area contributed by atoms with Crippen molar-refractivity contribution in [2.45, 2.75) is 65.7 Å². The van der Waals surface area contributed by atoms with Crippen LogP contribution in [-0.2, 0) is 4.74 Å². The van der Waals surface area contributed by atoms with Crippen LogP contribution < -0.4 is 9.47 Å². The molecule has 214 valence electrons. The fourth-order valence-corrected chi connectivity index (χ4v) is 3.97. The molecule has 3 aromatic carbocycles. The summed E-state index contributed by atoms with van der Waals surface area (Å²) < 4.78 is 45.4. The van der Waals surface area contributed by atoms with Crippen molar-refractivity contribution in [1.82, 2.24) is 0 Å². The second-order valence-electron chi connectivity index (χ2n) is 9.98. The first-order valence-corrected chi connectivity index (χ1v) is 14.0. The van der Waals surface area contributed by atoms with Crippen molar-refractivity contribution in [3.05, 3.63) is 83.4 Å². The van der Waals surface area contributed by atoms with E-state index in [-0.39, 0.29) is 40.7 Å². The van der Waals surface area contributed by atoms with E-state index in [0.717, 1.165) is 37.8 Å². The molecule has 0 unspecified atom stereocenters. The van der Waals surface area contributed by atoms with E-state index in [9.17, 15) is 18.4 Å². The molecule has 7 heteroatoms. The first-order valence-electron chi connectivity index (χ1n) is 14.0. The number of benzene rings is 3. The van der Waals surface area contributed by atoms with Gasteiger partial charge in [0.2, 0.25) is 0 Å². The highest BCUT2D eigenvalue weighted by Crippen LogP contribution is 2.27. The summed E-state index contributed by atoms with van der Waals surface area (Å²) in [5.41, 5.74) is 1.02. The molecule has 0 aromatic heterocycles. The Bertz CT molecular complexity index is 1260. The Kier molecular flexibility index (Phi) is 12.1. The second-order valence-corrected chi connectivity index (χ2v) is 9.98. The highest BCUT2D eigenvalue weighted by Gasteiger charge is 2.15. The van der Waals surface area contributed by atoms with Gasteiger partial charge in [-0.2, -0.15) is 0 Å². The lowest BCUT2D eigenvalue weighted by molar-refractivity contribution is 0.0446. The Balaban J connectivity index is 1.55. The minimum absolute atomic E-state index is 0.0512. The normalized spacial score (nSPS) is 11.6. The highest BCUT2D eigenvalue weighted by molar-refractivity contribution is 5.91. The number of carbonyl (C=O) groups is 2. The zero-order valence-corrected chi connectivity index (χ0v) is 23.5. The van der Waals surface area contributed by atoms with E-state index in [1.54, 1.807) is 12.1 Å². The maximum Gasteiger partial charge on any atom is 0.343 e. The number of ether oxygens (including phenoxy) is 3. The third-order valence-corrected chi connectivity index (χ3v) is 6.70. The lowest BCUT2D eigenvalue weighted by atomic mass is 10.0. The number of halogens is 2. The van der Waals surface area contributed by atoms with Gasteiger partial charge in [-0.05, 0) is 60.4 Å². The molecule has 0 aliphatic carbocycles. The second kappa shape index (κ2) is 15.8. The maximum absolute atomic E-state index is 14.8. The van der Waals surface area contributed by atoms with Crippen molar-refractivity contribution < 1.29 is 32.6 Å². The molecule has 0 saturated heterocycles. The molecule has 0 radical (unpaired) electrons. The SMILES string of the molecule is CCCCCCCCOc1ccc(C(=O)Oc2ccc(-c3ccc(C(=O)OC[C@@H](C)CC)cc3F)cc2)cc1F. The number of hydrogen-bond acceptors (Lipinski definition) is 5. The van der Waals surface area contributed by atoms with E-state index < -0.39 is 23.6 Å². The topological polar surface area (TPSA) is 61.8 Å². The van der Waals surface area contributed by atoms with Gasteiger partial charge in [0.15, 0.2) is 11.6 Å². The lowest BCUT2D eigenvalue weighted by Gasteiger charge is -2.11. The smallest absolute Gasteiger partial charge is 0.343 e. The number of unbranched alkanes of at least 4 members (excludes halogenated alkanes) is 5. The summed E-state index contributed by atoms with van der Waals surface area (Å²) in [6.45, 7) is 6.85. The Morgan fingerprint density at radius 3 is 2.10 bits per heavy atom. The Morgan fingerprint density at radius 2 is 1.43 bits per heavy atom. The van der Waals surface area contributed by atoms with Crippen LogP contribution in [0.5, 0.6) is 11.5 Å². The fraction of sp³-hybridized carbons (Fsp3) is 0.394. The standard InChI is InChI=1S/C33H38F2O5/c1-4-6-7-8-9-10-19-38-31-18-14-26(21-30(31)35)33(37)40-27-15-11-24(12-16-27)28-17-13-25(20-29(28)34)32(36)39-22-23(3)5-2/h11-18,20-21,23H,4-10,19,22H2,1-3H3/t23-/m0/s1. The molecule has 0 fully saturated rings. The number of esters is 2. The molecule has 0 spiro atoms. The van der Waals surface area contributed by atoms with E-state index in [0.29, 0.717) is 12.2 Å². The molecule has 0 heterocycles. The van der Waals surface area contributed by atoms with Gasteiger partial charge in [-0.3, -0.25) is 0 Å². The Morgan fingerprint density at radius 1 is 0.775 bits per heavy atom. The summed E-state index contributed by atoms with van der Waals surface area (Å²) in [5, 5.41) is 0. The van der Waals surface area contributed by atoms with Crippen molar-refractivity contribution >= 4 is 11.9 Å². The monoisotopic (exact) mass is 552 g/mol. The summed E-state index contributed by atoms with van der Waals surface area (Å²) in [4.78, 5) is 24.8. The Labute approximate surface area is 235 Å². The molecule has 0 N–H and O–H groups in total. The van der Waals surface area contributed by atoms with Crippen molar-refractivity contribution in [2.24, 2.45) is 5.92 Å². The van der Waals surface area contributed by atoms with Crippen LogP contribution in [0.4, 0.5) is 8.78 Å². The molecule has 40 heavy (non-hydrogen) atoms. The molecule has 0 aliphatic heterocycles. The quantitative estimate of drug-likeness (QED) is 0.107. The molecule has 0 aliphatic rings. The van der Waals surface area contributed by atoms with Gasteiger partial charge in [0, 0.05) is 5.56 Å². The largest absolute Gasteiger partial charge is 0.491 e. The van der Waals surface area contributed by atoms with Gasteiger partial charge in [-0.25, -0.2) is 18.4 Å². The number of carbonyl (C=O) groups excluding carboxylic acids is 2. The van der Waals surface area contributed by atoms with Gasteiger partial charge in [-0.15, -0.1) is 0 Å². The zero-order valence-electron chi connectivity index (χ0n) is 23.5. The maximum atomic E-state index is 14.8. The van der Waals surface area contributed by atoms with Crippen LogP contribution in [-0.4, -0.2) is 25.2 Å². The summed E-state index contributed by atoms with van der Waals surface area (Å²) in [5.74, 6) is -1.93. The van der Waals surface area contributed by atoms with Crippen molar-refractivity contribution in [3.63, 3.8) is 0 Å². The van der Waals surface area contributed by atoms with Gasteiger partial charge in [0.25, 0.3) is 0 Å². The van der Waals surface area contributed by atoms with Crippen LogP contribution in [0.1, 0.15) is 86.4 Å². The minimum Gasteiger partial charge on any atom is -0.491 e. The lowest BCUT2D eigenvalue weighted by Crippen LogP contribution is -2.11. The number of rotatable bonds is 15. The summed E-state index contributed by atoms with van der Waals surface area (Å²) in [6.07, 6.45) is 7.52. The molecular formula is C33H38F2O5. The molecule has 0 saturated carbocycles. The van der Waals surface area contributed by atoms with E-state index >= 15 is 0 Å². The van der Waals surface area contributed by atoms with Gasteiger partial charge in [0.05, 0.1) is 24.3 Å². The molecular weight excluding hydrogens is 514 g/mol. The molecule has 5 nitrogen and oxygen atoms in total. The van der Waals surface area contributed by atoms with Crippen LogP contribution >= 0.6 is 0 Å². The van der Waals surface area contributed by atoms with Gasteiger partial charge >= 0.3 is 11.9 Å². The van der Waals surface area contributed by atoms with E-state index in [1.807, 2.05) is 13.8 Å². The summed E-state index contributed by atoms with van der Waals surface area (Å²) in [6, 6.07) is 14.4. The van der Waals surface area contributed by atoms with Crippen LogP contribution in [0, 0.1) is 17.6 Å². The third-order valence-electron chi connectivity index (χ3n) is 6.70. The van der Waals surface area contributed by atoms with E-state index in [2.05, 4.69) is 6.92 Å². The molecule has 3 aromatic rings. The molecule has 3 rings (SSSR count). The van der Waals surface area contributed by atoms with Crippen LogP contribution in [0.15, 0.2) is 60.7 Å². The minimum atomic E-state index is -0.722. The average Bonchev–Trinajstić information content (AvgIpc) is 2.96. The van der Waals surface area contributed by atoms with E-state index in [1.165, 1.54) is 55.7 Å². The van der Waals surface area contributed by atoms with Crippen LogP contribution in [0.3, 0.4) is 0 Å². The first-order chi connectivity index (χ1) is 19.3. The molecule has 0 bridgehead atoms. The Hall–Kier alpha value is -3.74. The first kappa shape index (κ1) is 30.8. The van der Waals surface area contributed by atoms with Gasteiger partial charge in [-0.1, -0.05) is 77.5 Å². The highest BCUT2D eigenvalue weighted by atomic mass is 19.1. The van der Waals surface area contributed by atoms with Gasteiger partial charge < -0.3 is 14.2 Å². The van der Waals surface area contributed by atoms with Crippen molar-refractivity contribution in [3.8, 4) is 22.6 Å². The third kappa shape index (κ3) is 9.18. The fourth-order valence-electron chi connectivity index (χ4n) is 3.97. The average molecular weight is 553 g/mol. The van der Waals surface area contributed by atoms with Crippen molar-refractivity contribution in [2.75, 3.05) is 13.2 Å². The number of hydrogen-bond donors (Lipinski definition) is 0. The molecule has 0 amide bonds. The van der Waals surface area contributed by atoms with Crippen LogP contribution in [0.2, 0.25) is 0 Å². The van der Waals surface area contributed by atoms with Gasteiger partial charge in [0.1, 0.15) is 11.6 Å². The summed E-state index contributed by atoms with van der Waals surface area (Å²) >= 11 is 0. The molecule has 1 atom stereocenters. The predicted molar refractivity (Wildman–Crippen MR) is 152 cm³/mol. The zero-order chi connectivity index (χ0) is 28.9. The van der Waals surface area contributed by atoms with Crippen LogP contribution in [0.25, 0.3) is 11.1 Å². The van der Waals surface area contributed by atoms with E-state index in [4.69, 9.17) is 14.2 Å². The van der Waals surface area contributed by atoms with Crippen molar-refractivity contribution in [1.29, 1.82) is 0 Å².